The third kappa shape index (κ3) is 5.64. The highest BCUT2D eigenvalue weighted by molar-refractivity contribution is 5.91. The largest absolute Gasteiger partial charge is 0.481 e. The molecule has 0 fully saturated rings. The molecule has 1 amide bonds. The standard InChI is InChI=1S/C13H19N3O4/c1-8(2)5-9(6-12(18)19)7-14-13(20)10-3-4-11(17)16-15-10/h3-4,8-9H,5-7H2,1-2H3,(H,14,20)(H,16,17)(H,18,19)/t9-/m0/s1. The van der Waals surface area contributed by atoms with Crippen molar-refractivity contribution >= 4 is 11.9 Å². The second kappa shape index (κ2) is 7.42. The molecule has 0 aromatic carbocycles. The zero-order chi connectivity index (χ0) is 15.1. The van der Waals surface area contributed by atoms with Gasteiger partial charge in [0.05, 0.1) is 0 Å². The van der Waals surface area contributed by atoms with E-state index in [1.165, 1.54) is 12.1 Å². The lowest BCUT2D eigenvalue weighted by Crippen LogP contribution is -2.32. The third-order valence-electron chi connectivity index (χ3n) is 2.73. The van der Waals surface area contributed by atoms with Crippen molar-refractivity contribution in [1.29, 1.82) is 0 Å². The molecule has 1 rings (SSSR count). The molecule has 0 spiro atoms. The van der Waals surface area contributed by atoms with Crippen LogP contribution in [0.2, 0.25) is 0 Å². The Balaban J connectivity index is 2.57. The van der Waals surface area contributed by atoms with Gasteiger partial charge in [-0.15, -0.1) is 0 Å². The molecule has 0 aliphatic rings. The number of hydrogen-bond acceptors (Lipinski definition) is 4. The molecule has 0 unspecified atom stereocenters. The first-order chi connectivity index (χ1) is 9.38. The summed E-state index contributed by atoms with van der Waals surface area (Å²) < 4.78 is 0. The van der Waals surface area contributed by atoms with E-state index >= 15 is 0 Å². The monoisotopic (exact) mass is 281 g/mol. The van der Waals surface area contributed by atoms with Gasteiger partial charge in [-0.1, -0.05) is 13.8 Å². The minimum atomic E-state index is -0.882. The fourth-order valence-electron chi connectivity index (χ4n) is 1.95. The molecule has 7 heteroatoms. The number of aliphatic carboxylic acids is 1. The first-order valence-corrected chi connectivity index (χ1v) is 6.44. The van der Waals surface area contributed by atoms with Crippen LogP contribution in [0.4, 0.5) is 0 Å². The molecule has 20 heavy (non-hydrogen) atoms. The average Bonchev–Trinajstić information content (AvgIpc) is 2.35. The predicted octanol–water partition coefficient (Wildman–Crippen LogP) is 0.637. The van der Waals surface area contributed by atoms with Gasteiger partial charge in [-0.05, 0) is 24.3 Å². The van der Waals surface area contributed by atoms with E-state index in [-0.39, 0.29) is 30.1 Å². The number of carbonyl (C=O) groups is 2. The summed E-state index contributed by atoms with van der Waals surface area (Å²) in [4.78, 5) is 33.4. The topological polar surface area (TPSA) is 112 Å². The molecule has 0 aliphatic heterocycles. The Labute approximate surface area is 116 Å². The van der Waals surface area contributed by atoms with E-state index in [4.69, 9.17) is 5.11 Å². The van der Waals surface area contributed by atoms with Gasteiger partial charge in [-0.2, -0.15) is 5.10 Å². The summed E-state index contributed by atoms with van der Waals surface area (Å²) >= 11 is 0. The lowest BCUT2D eigenvalue weighted by molar-refractivity contribution is -0.138. The summed E-state index contributed by atoms with van der Waals surface area (Å²) in [5, 5.41) is 17.3. The van der Waals surface area contributed by atoms with E-state index in [1.807, 2.05) is 13.8 Å². The lowest BCUT2D eigenvalue weighted by atomic mass is 9.94. The van der Waals surface area contributed by atoms with Crippen LogP contribution in [-0.2, 0) is 4.79 Å². The van der Waals surface area contributed by atoms with Crippen LogP contribution in [0.3, 0.4) is 0 Å². The quantitative estimate of drug-likeness (QED) is 0.679. The van der Waals surface area contributed by atoms with Crippen LogP contribution in [0, 0.1) is 11.8 Å². The van der Waals surface area contributed by atoms with Crippen LogP contribution in [0.25, 0.3) is 0 Å². The van der Waals surface area contributed by atoms with Gasteiger partial charge in [0.2, 0.25) is 0 Å². The maximum Gasteiger partial charge on any atom is 0.303 e. The van der Waals surface area contributed by atoms with Crippen molar-refractivity contribution in [3.8, 4) is 0 Å². The summed E-state index contributed by atoms with van der Waals surface area (Å²) in [5.41, 5.74) is -0.284. The first kappa shape index (κ1) is 15.9. The Morgan fingerprint density at radius 1 is 1.40 bits per heavy atom. The molecular weight excluding hydrogens is 262 g/mol. The van der Waals surface area contributed by atoms with E-state index in [1.54, 1.807) is 0 Å². The van der Waals surface area contributed by atoms with Crippen molar-refractivity contribution in [1.82, 2.24) is 15.5 Å². The zero-order valence-corrected chi connectivity index (χ0v) is 11.5. The Morgan fingerprint density at radius 3 is 2.60 bits per heavy atom. The fourth-order valence-corrected chi connectivity index (χ4v) is 1.95. The Kier molecular flexibility index (Phi) is 5.89. The number of carboxylic acids is 1. The van der Waals surface area contributed by atoms with E-state index in [9.17, 15) is 14.4 Å². The molecule has 0 saturated carbocycles. The van der Waals surface area contributed by atoms with Crippen LogP contribution in [0.1, 0.15) is 37.2 Å². The van der Waals surface area contributed by atoms with Crippen molar-refractivity contribution in [3.63, 3.8) is 0 Å². The number of hydrogen-bond donors (Lipinski definition) is 3. The SMILES string of the molecule is CC(C)C[C@H](CNC(=O)c1ccc(=O)[nH]n1)CC(=O)O. The number of nitrogens with zero attached hydrogens (tertiary/aromatic N) is 1. The Hall–Kier alpha value is -2.18. The van der Waals surface area contributed by atoms with Crippen molar-refractivity contribution in [2.45, 2.75) is 26.7 Å². The lowest BCUT2D eigenvalue weighted by Gasteiger charge is -2.17. The van der Waals surface area contributed by atoms with Crippen LogP contribution in [-0.4, -0.2) is 33.7 Å². The highest BCUT2D eigenvalue weighted by Crippen LogP contribution is 2.14. The highest BCUT2D eigenvalue weighted by atomic mass is 16.4. The van der Waals surface area contributed by atoms with Crippen molar-refractivity contribution in [2.75, 3.05) is 6.54 Å². The molecule has 1 aromatic rings. The van der Waals surface area contributed by atoms with Gasteiger partial charge in [0, 0.05) is 19.0 Å². The molecule has 0 aliphatic carbocycles. The third-order valence-corrected chi connectivity index (χ3v) is 2.73. The molecule has 110 valence electrons. The van der Waals surface area contributed by atoms with Crippen LogP contribution in [0.5, 0.6) is 0 Å². The Morgan fingerprint density at radius 2 is 2.10 bits per heavy atom. The summed E-state index contributed by atoms with van der Waals surface area (Å²) in [6.07, 6.45) is 0.725. The molecule has 1 heterocycles. The predicted molar refractivity (Wildman–Crippen MR) is 72.4 cm³/mol. The number of H-pyrrole nitrogens is 1. The van der Waals surface area contributed by atoms with E-state index in [2.05, 4.69) is 15.5 Å². The molecule has 1 atom stereocenters. The molecule has 0 radical (unpaired) electrons. The van der Waals surface area contributed by atoms with Gasteiger partial charge in [0.1, 0.15) is 5.69 Å². The van der Waals surface area contributed by atoms with E-state index in [0.29, 0.717) is 12.3 Å². The highest BCUT2D eigenvalue weighted by Gasteiger charge is 2.17. The van der Waals surface area contributed by atoms with Gasteiger partial charge in [0.15, 0.2) is 0 Å². The van der Waals surface area contributed by atoms with Gasteiger partial charge in [-0.3, -0.25) is 14.4 Å². The van der Waals surface area contributed by atoms with Gasteiger partial charge in [0.25, 0.3) is 11.5 Å². The van der Waals surface area contributed by atoms with Crippen LogP contribution < -0.4 is 10.9 Å². The van der Waals surface area contributed by atoms with E-state index < -0.39 is 11.9 Å². The number of carboxylic acid groups (broad SMARTS) is 1. The van der Waals surface area contributed by atoms with Crippen LogP contribution in [0.15, 0.2) is 16.9 Å². The smallest absolute Gasteiger partial charge is 0.303 e. The fraction of sp³-hybridized carbons (Fsp3) is 0.538. The van der Waals surface area contributed by atoms with Crippen molar-refractivity contribution < 1.29 is 14.7 Å². The maximum atomic E-state index is 11.8. The number of aromatic nitrogens is 2. The molecular formula is C13H19N3O4. The van der Waals surface area contributed by atoms with Gasteiger partial charge < -0.3 is 10.4 Å². The number of amides is 1. The average molecular weight is 281 g/mol. The summed E-state index contributed by atoms with van der Waals surface area (Å²) in [5.74, 6) is -1.09. The van der Waals surface area contributed by atoms with Crippen molar-refractivity contribution in [3.05, 3.63) is 28.2 Å². The van der Waals surface area contributed by atoms with Crippen molar-refractivity contribution in [2.24, 2.45) is 11.8 Å². The minimum Gasteiger partial charge on any atom is -0.481 e. The number of rotatable bonds is 7. The first-order valence-electron chi connectivity index (χ1n) is 6.44. The van der Waals surface area contributed by atoms with E-state index in [0.717, 1.165) is 0 Å². The molecule has 3 N–H and O–H groups in total. The second-order valence-electron chi connectivity index (χ2n) is 5.11. The second-order valence-corrected chi connectivity index (χ2v) is 5.11. The van der Waals surface area contributed by atoms with Crippen LogP contribution >= 0.6 is 0 Å². The summed E-state index contributed by atoms with van der Waals surface area (Å²) in [7, 11) is 0. The summed E-state index contributed by atoms with van der Waals surface area (Å²) in [6, 6.07) is 2.54. The molecule has 0 bridgehead atoms. The normalized spacial score (nSPS) is 12.2. The molecule has 0 saturated heterocycles. The number of nitrogens with one attached hydrogen (secondary N) is 2. The summed E-state index contributed by atoms with van der Waals surface area (Å²) in [6.45, 7) is 4.27. The van der Waals surface area contributed by atoms with Gasteiger partial charge in [-0.25, -0.2) is 5.10 Å². The number of carbonyl (C=O) groups excluding carboxylic acids is 1. The molecule has 7 nitrogen and oxygen atoms in total. The Bertz CT molecular complexity index is 504. The van der Waals surface area contributed by atoms with Gasteiger partial charge >= 0.3 is 5.97 Å². The molecule has 1 aromatic heterocycles. The maximum absolute atomic E-state index is 11.8. The number of aromatic amines is 1. The zero-order valence-electron chi connectivity index (χ0n) is 11.5. The minimum absolute atomic E-state index is 0.0114.